The Morgan fingerprint density at radius 3 is 2.69 bits per heavy atom. The molecule has 8 nitrogen and oxygen atoms in total. The third-order valence-corrected chi connectivity index (χ3v) is 3.99. The summed E-state index contributed by atoms with van der Waals surface area (Å²) in [6.07, 6.45) is -1.98. The van der Waals surface area contributed by atoms with E-state index < -0.39 is 30.1 Å². The fourth-order valence-electron chi connectivity index (χ4n) is 2.56. The Kier molecular flexibility index (Phi) is 6.48. The summed E-state index contributed by atoms with van der Waals surface area (Å²) in [7, 11) is 0. The van der Waals surface area contributed by atoms with Crippen molar-refractivity contribution in [2.24, 2.45) is 5.73 Å². The maximum Gasteiger partial charge on any atom is 0.247 e. The maximum absolute atomic E-state index is 12.1. The fraction of sp³-hybridized carbons (Fsp3) is 0.389. The first kappa shape index (κ1) is 19.6. The average Bonchev–Trinajstić information content (AvgIpc) is 2.58. The van der Waals surface area contributed by atoms with Crippen LogP contribution in [0.25, 0.3) is 0 Å². The lowest BCUT2D eigenvalue weighted by molar-refractivity contribution is -0.119. The van der Waals surface area contributed by atoms with Crippen LogP contribution < -0.4 is 15.8 Å². The van der Waals surface area contributed by atoms with Crippen molar-refractivity contribution in [3.8, 4) is 5.75 Å². The van der Waals surface area contributed by atoms with Gasteiger partial charge >= 0.3 is 0 Å². The molecule has 1 aliphatic rings. The molecule has 1 aliphatic carbocycles. The Morgan fingerprint density at radius 1 is 1.31 bits per heavy atom. The van der Waals surface area contributed by atoms with E-state index in [1.54, 1.807) is 18.2 Å². The van der Waals surface area contributed by atoms with Crippen LogP contribution in [0, 0.1) is 0 Å². The maximum atomic E-state index is 12.1. The van der Waals surface area contributed by atoms with Crippen molar-refractivity contribution in [2.45, 2.75) is 38.1 Å². The number of ketones is 1. The van der Waals surface area contributed by atoms with E-state index in [-0.39, 0.29) is 30.7 Å². The minimum absolute atomic E-state index is 0.00195. The Morgan fingerprint density at radius 2 is 2.04 bits per heavy atom. The van der Waals surface area contributed by atoms with Crippen LogP contribution in [0.1, 0.15) is 30.1 Å². The first-order chi connectivity index (χ1) is 12.3. The molecule has 0 aromatic heterocycles. The molecule has 0 bridgehead atoms. The van der Waals surface area contributed by atoms with Crippen molar-refractivity contribution >= 4 is 17.6 Å². The van der Waals surface area contributed by atoms with Crippen molar-refractivity contribution in [2.75, 3.05) is 6.54 Å². The van der Waals surface area contributed by atoms with Gasteiger partial charge in [-0.05, 0) is 25.1 Å². The number of aliphatic hydroxyl groups is 2. The second-order valence-corrected chi connectivity index (χ2v) is 6.09. The highest BCUT2D eigenvalue weighted by molar-refractivity contribution is 5.94. The largest absolute Gasteiger partial charge is 0.483 e. The third kappa shape index (κ3) is 5.14. The normalized spacial score (nSPS) is 22.3. The van der Waals surface area contributed by atoms with Crippen LogP contribution >= 0.6 is 0 Å². The number of hydrogen-bond donors (Lipinski definition) is 4. The number of hydrogen-bond acceptors (Lipinski definition) is 6. The van der Waals surface area contributed by atoms with Crippen LogP contribution in [0.5, 0.6) is 5.75 Å². The quantitative estimate of drug-likeness (QED) is 0.490. The van der Waals surface area contributed by atoms with E-state index in [0.29, 0.717) is 11.3 Å². The Bertz CT molecular complexity index is 730. The number of primary amides is 1. The summed E-state index contributed by atoms with van der Waals surface area (Å²) in [4.78, 5) is 34.3. The van der Waals surface area contributed by atoms with Crippen LogP contribution in [-0.2, 0) is 9.59 Å². The van der Waals surface area contributed by atoms with Crippen LogP contribution in [0.2, 0.25) is 0 Å². The zero-order chi connectivity index (χ0) is 19.3. The van der Waals surface area contributed by atoms with Crippen molar-refractivity contribution in [1.82, 2.24) is 5.32 Å². The van der Waals surface area contributed by atoms with E-state index in [1.165, 1.54) is 19.1 Å². The Labute approximate surface area is 150 Å². The second kappa shape index (κ2) is 8.59. The summed E-state index contributed by atoms with van der Waals surface area (Å²) in [6.45, 7) is 1.50. The van der Waals surface area contributed by atoms with Gasteiger partial charge in [-0.3, -0.25) is 14.4 Å². The average molecular weight is 362 g/mol. The standard InChI is InChI=1S/C18H22N2O6/c1-10(21)11-3-2-4-13(7-11)26-15-9-12(8-14(22)17(15)24)18(25)20-6-5-16(19)23/h2-4,7,9,14-15,17,22,24H,5-6,8H2,1H3,(H2,19,23)(H,20,25). The van der Waals surface area contributed by atoms with E-state index in [9.17, 15) is 24.6 Å². The van der Waals surface area contributed by atoms with Crippen molar-refractivity contribution in [3.05, 3.63) is 41.5 Å². The number of nitrogens with two attached hydrogens (primary N) is 1. The van der Waals surface area contributed by atoms with E-state index in [2.05, 4.69) is 5.32 Å². The van der Waals surface area contributed by atoms with Gasteiger partial charge in [-0.1, -0.05) is 12.1 Å². The first-order valence-electron chi connectivity index (χ1n) is 8.19. The number of carbonyl (C=O) groups is 3. The number of benzene rings is 1. The van der Waals surface area contributed by atoms with Crippen LogP contribution in [0.15, 0.2) is 35.9 Å². The second-order valence-electron chi connectivity index (χ2n) is 6.09. The highest BCUT2D eigenvalue weighted by Crippen LogP contribution is 2.24. The fourth-order valence-corrected chi connectivity index (χ4v) is 2.56. The molecule has 3 unspecified atom stereocenters. The zero-order valence-electron chi connectivity index (χ0n) is 14.3. The lowest BCUT2D eigenvalue weighted by Crippen LogP contribution is -2.45. The molecule has 2 amide bonds. The summed E-state index contributed by atoms with van der Waals surface area (Å²) in [5.41, 5.74) is 5.70. The number of ether oxygens (including phenoxy) is 1. The van der Waals surface area contributed by atoms with Gasteiger partial charge in [-0.2, -0.15) is 0 Å². The third-order valence-electron chi connectivity index (χ3n) is 3.99. The predicted molar refractivity (Wildman–Crippen MR) is 92.4 cm³/mol. The summed E-state index contributed by atoms with van der Waals surface area (Å²) < 4.78 is 5.66. The molecule has 1 aromatic rings. The lowest BCUT2D eigenvalue weighted by Gasteiger charge is -2.30. The van der Waals surface area contributed by atoms with Gasteiger partial charge in [0, 0.05) is 30.5 Å². The predicted octanol–water partition coefficient (Wildman–Crippen LogP) is -0.320. The van der Waals surface area contributed by atoms with Gasteiger partial charge in [-0.15, -0.1) is 0 Å². The van der Waals surface area contributed by atoms with Crippen molar-refractivity contribution in [1.29, 1.82) is 0 Å². The molecule has 0 heterocycles. The SMILES string of the molecule is CC(=O)c1cccc(OC2C=C(C(=O)NCCC(N)=O)CC(O)C2O)c1. The molecular weight excluding hydrogens is 340 g/mol. The molecule has 5 N–H and O–H groups in total. The van der Waals surface area contributed by atoms with Gasteiger partial charge in [0.25, 0.3) is 0 Å². The molecule has 1 aromatic carbocycles. The number of nitrogens with one attached hydrogen (secondary N) is 1. The summed E-state index contributed by atoms with van der Waals surface area (Å²) in [6, 6.07) is 6.41. The Hall–Kier alpha value is -2.71. The van der Waals surface area contributed by atoms with Gasteiger partial charge in [0.1, 0.15) is 18.0 Å². The smallest absolute Gasteiger partial charge is 0.247 e. The van der Waals surface area contributed by atoms with E-state index in [1.807, 2.05) is 0 Å². The molecular formula is C18H22N2O6. The van der Waals surface area contributed by atoms with E-state index >= 15 is 0 Å². The van der Waals surface area contributed by atoms with Gasteiger partial charge in [0.05, 0.1) is 6.10 Å². The van der Waals surface area contributed by atoms with Crippen LogP contribution in [-0.4, -0.2) is 52.7 Å². The molecule has 2 rings (SSSR count). The summed E-state index contributed by atoms with van der Waals surface area (Å²) in [5.74, 6) is -0.807. The highest BCUT2D eigenvalue weighted by Gasteiger charge is 2.34. The molecule has 3 atom stereocenters. The van der Waals surface area contributed by atoms with Gasteiger partial charge < -0.3 is 26.0 Å². The Balaban J connectivity index is 2.12. The molecule has 0 fully saturated rings. The molecule has 26 heavy (non-hydrogen) atoms. The summed E-state index contributed by atoms with van der Waals surface area (Å²) >= 11 is 0. The first-order valence-corrected chi connectivity index (χ1v) is 8.19. The topological polar surface area (TPSA) is 139 Å². The van der Waals surface area contributed by atoms with E-state index in [4.69, 9.17) is 10.5 Å². The lowest BCUT2D eigenvalue weighted by atomic mass is 9.91. The van der Waals surface area contributed by atoms with Gasteiger partial charge in [-0.25, -0.2) is 0 Å². The van der Waals surface area contributed by atoms with E-state index in [0.717, 1.165) is 0 Å². The van der Waals surface area contributed by atoms with Crippen molar-refractivity contribution in [3.63, 3.8) is 0 Å². The zero-order valence-corrected chi connectivity index (χ0v) is 14.3. The summed E-state index contributed by atoms with van der Waals surface area (Å²) in [5, 5.41) is 22.7. The molecule has 0 saturated heterocycles. The van der Waals surface area contributed by atoms with Gasteiger partial charge in [0.2, 0.25) is 11.8 Å². The molecule has 0 spiro atoms. The number of aliphatic hydroxyl groups excluding tert-OH is 2. The monoisotopic (exact) mass is 362 g/mol. The molecule has 8 heteroatoms. The van der Waals surface area contributed by atoms with Crippen LogP contribution in [0.3, 0.4) is 0 Å². The molecule has 0 aliphatic heterocycles. The molecule has 0 radical (unpaired) electrons. The minimum Gasteiger partial charge on any atom is -0.483 e. The van der Waals surface area contributed by atoms with Crippen LogP contribution in [0.4, 0.5) is 0 Å². The van der Waals surface area contributed by atoms with Gasteiger partial charge in [0.15, 0.2) is 5.78 Å². The minimum atomic E-state index is -1.22. The molecule has 140 valence electrons. The highest BCUT2D eigenvalue weighted by atomic mass is 16.5. The number of amides is 2. The number of rotatable bonds is 7. The molecule has 0 saturated carbocycles. The number of carbonyl (C=O) groups excluding carboxylic acids is 3. The van der Waals surface area contributed by atoms with Crippen molar-refractivity contribution < 1.29 is 29.3 Å². The number of Topliss-reactive ketones (excluding diaryl/α,β-unsaturated/α-hetero) is 1.